The topological polar surface area (TPSA) is 29.1 Å². The first-order valence-corrected chi connectivity index (χ1v) is 3.46. The molecule has 11 heavy (non-hydrogen) atoms. The number of amides is 1. The first-order valence-electron chi connectivity index (χ1n) is 3.46. The van der Waals surface area contributed by atoms with Gasteiger partial charge in [-0.25, -0.2) is 0 Å². The molecule has 0 aromatic carbocycles. The van der Waals surface area contributed by atoms with Crippen LogP contribution in [0.4, 0.5) is 0 Å². The number of hydrogen-bond acceptors (Lipinski definition) is 1. The summed E-state index contributed by atoms with van der Waals surface area (Å²) in [6, 6.07) is 0. The molecular formula is C9H11NO. The zero-order chi connectivity index (χ0) is 8.43. The van der Waals surface area contributed by atoms with E-state index in [2.05, 4.69) is 18.5 Å². The van der Waals surface area contributed by atoms with Crippen LogP contribution in [0.25, 0.3) is 0 Å². The standard InChI is InChI=1S/C9H11NO/c1-4-6(2)8-5-10-9(11)7(8)3/h4H,1,3,5H2,2H3,(H,10,11)/b8-6-. The van der Waals surface area contributed by atoms with Crippen molar-refractivity contribution in [1.82, 2.24) is 5.32 Å². The van der Waals surface area contributed by atoms with Crippen LogP contribution in [0.15, 0.2) is 36.0 Å². The minimum absolute atomic E-state index is 0.0683. The molecule has 1 amide bonds. The van der Waals surface area contributed by atoms with Crippen LogP contribution in [0.2, 0.25) is 0 Å². The Morgan fingerprint density at radius 2 is 2.36 bits per heavy atom. The molecule has 0 atom stereocenters. The van der Waals surface area contributed by atoms with Gasteiger partial charge < -0.3 is 5.32 Å². The van der Waals surface area contributed by atoms with E-state index in [4.69, 9.17) is 0 Å². The summed E-state index contributed by atoms with van der Waals surface area (Å²) < 4.78 is 0. The molecule has 0 radical (unpaired) electrons. The van der Waals surface area contributed by atoms with Crippen LogP contribution in [-0.2, 0) is 4.79 Å². The van der Waals surface area contributed by atoms with Crippen LogP contribution in [0.5, 0.6) is 0 Å². The third kappa shape index (κ3) is 1.24. The number of carbonyl (C=O) groups excluding carboxylic acids is 1. The fraction of sp³-hybridized carbons (Fsp3) is 0.222. The maximum atomic E-state index is 10.9. The third-order valence-electron chi connectivity index (χ3n) is 1.85. The molecule has 0 aromatic rings. The maximum Gasteiger partial charge on any atom is 0.251 e. The van der Waals surface area contributed by atoms with Crippen molar-refractivity contribution in [2.45, 2.75) is 6.92 Å². The summed E-state index contributed by atoms with van der Waals surface area (Å²) in [5.41, 5.74) is 2.57. The van der Waals surface area contributed by atoms with Gasteiger partial charge in [0, 0.05) is 12.1 Å². The van der Waals surface area contributed by atoms with E-state index in [1.54, 1.807) is 6.08 Å². The molecule has 2 heteroatoms. The molecule has 0 bridgehead atoms. The molecule has 1 aliphatic rings. The van der Waals surface area contributed by atoms with E-state index in [0.717, 1.165) is 11.1 Å². The van der Waals surface area contributed by atoms with Gasteiger partial charge in [0.25, 0.3) is 5.91 Å². The summed E-state index contributed by atoms with van der Waals surface area (Å²) in [7, 11) is 0. The van der Waals surface area contributed by atoms with Gasteiger partial charge in [-0.05, 0) is 18.1 Å². The van der Waals surface area contributed by atoms with Crippen molar-refractivity contribution in [3.8, 4) is 0 Å². The third-order valence-corrected chi connectivity index (χ3v) is 1.85. The monoisotopic (exact) mass is 149 g/mol. The van der Waals surface area contributed by atoms with E-state index in [0.29, 0.717) is 12.1 Å². The van der Waals surface area contributed by atoms with Gasteiger partial charge in [-0.1, -0.05) is 19.2 Å². The van der Waals surface area contributed by atoms with Gasteiger partial charge in [-0.2, -0.15) is 0 Å². The van der Waals surface area contributed by atoms with Crippen molar-refractivity contribution in [2.75, 3.05) is 6.54 Å². The summed E-state index contributed by atoms with van der Waals surface area (Å²) in [6.07, 6.45) is 1.74. The molecule has 1 aliphatic heterocycles. The highest BCUT2D eigenvalue weighted by Gasteiger charge is 2.20. The Morgan fingerprint density at radius 1 is 1.73 bits per heavy atom. The molecule has 0 spiro atoms. The smallest absolute Gasteiger partial charge is 0.251 e. The molecule has 2 nitrogen and oxygen atoms in total. The fourth-order valence-electron chi connectivity index (χ4n) is 1.02. The highest BCUT2D eigenvalue weighted by molar-refractivity contribution is 6.01. The van der Waals surface area contributed by atoms with Gasteiger partial charge in [-0.15, -0.1) is 0 Å². The molecule has 1 heterocycles. The lowest BCUT2D eigenvalue weighted by Crippen LogP contribution is -2.13. The number of carbonyl (C=O) groups is 1. The van der Waals surface area contributed by atoms with Gasteiger partial charge in [0.2, 0.25) is 0 Å². The second-order valence-electron chi connectivity index (χ2n) is 2.53. The van der Waals surface area contributed by atoms with E-state index in [-0.39, 0.29) is 5.91 Å². The molecule has 1 fully saturated rings. The van der Waals surface area contributed by atoms with Crippen LogP contribution in [0.1, 0.15) is 6.92 Å². The molecule has 0 aromatic heterocycles. The van der Waals surface area contributed by atoms with Crippen LogP contribution in [0, 0.1) is 0 Å². The predicted molar refractivity (Wildman–Crippen MR) is 45.0 cm³/mol. The zero-order valence-corrected chi connectivity index (χ0v) is 6.61. The summed E-state index contributed by atoms with van der Waals surface area (Å²) in [5, 5.41) is 2.69. The van der Waals surface area contributed by atoms with Gasteiger partial charge in [0.1, 0.15) is 0 Å². The Morgan fingerprint density at radius 3 is 2.73 bits per heavy atom. The molecule has 0 unspecified atom stereocenters. The second kappa shape index (κ2) is 2.74. The Balaban J connectivity index is 3.02. The first-order chi connectivity index (χ1) is 5.16. The Bertz CT molecular complexity index is 261. The van der Waals surface area contributed by atoms with Gasteiger partial charge in [-0.3, -0.25) is 4.79 Å². The fourth-order valence-corrected chi connectivity index (χ4v) is 1.02. The lowest BCUT2D eigenvalue weighted by atomic mass is 10.1. The maximum absolute atomic E-state index is 10.9. The Kier molecular flexibility index (Phi) is 1.94. The van der Waals surface area contributed by atoms with E-state index in [1.807, 2.05) is 6.92 Å². The highest BCUT2D eigenvalue weighted by Crippen LogP contribution is 2.18. The Hall–Kier alpha value is -1.31. The Labute approximate surface area is 66.3 Å². The molecule has 1 saturated heterocycles. The lowest BCUT2D eigenvalue weighted by molar-refractivity contribution is -0.116. The van der Waals surface area contributed by atoms with Crippen molar-refractivity contribution < 1.29 is 4.79 Å². The summed E-state index contributed by atoms with van der Waals surface area (Å²) in [5.74, 6) is -0.0683. The first kappa shape index (κ1) is 7.79. The minimum Gasteiger partial charge on any atom is -0.348 e. The van der Waals surface area contributed by atoms with E-state index in [1.165, 1.54) is 0 Å². The van der Waals surface area contributed by atoms with Gasteiger partial charge >= 0.3 is 0 Å². The van der Waals surface area contributed by atoms with Crippen LogP contribution >= 0.6 is 0 Å². The summed E-state index contributed by atoms with van der Waals surface area (Å²) in [4.78, 5) is 10.9. The summed E-state index contributed by atoms with van der Waals surface area (Å²) >= 11 is 0. The molecule has 0 aliphatic carbocycles. The van der Waals surface area contributed by atoms with Gasteiger partial charge in [0.15, 0.2) is 0 Å². The normalized spacial score (nSPS) is 21.5. The average molecular weight is 149 g/mol. The number of rotatable bonds is 1. The zero-order valence-electron chi connectivity index (χ0n) is 6.61. The van der Waals surface area contributed by atoms with Crippen molar-refractivity contribution in [3.05, 3.63) is 36.0 Å². The van der Waals surface area contributed by atoms with E-state index >= 15 is 0 Å². The largest absolute Gasteiger partial charge is 0.348 e. The second-order valence-corrected chi connectivity index (χ2v) is 2.53. The van der Waals surface area contributed by atoms with Crippen LogP contribution in [-0.4, -0.2) is 12.5 Å². The van der Waals surface area contributed by atoms with Crippen molar-refractivity contribution in [1.29, 1.82) is 0 Å². The van der Waals surface area contributed by atoms with Crippen LogP contribution < -0.4 is 5.32 Å². The number of hydrogen-bond donors (Lipinski definition) is 1. The highest BCUT2D eigenvalue weighted by atomic mass is 16.2. The lowest BCUT2D eigenvalue weighted by Gasteiger charge is -1.97. The van der Waals surface area contributed by atoms with Crippen molar-refractivity contribution in [2.24, 2.45) is 0 Å². The van der Waals surface area contributed by atoms with Crippen LogP contribution in [0.3, 0.4) is 0 Å². The average Bonchev–Trinajstić information content (AvgIpc) is 2.32. The molecule has 1 N–H and O–H groups in total. The number of nitrogens with one attached hydrogen (secondary N) is 1. The minimum atomic E-state index is -0.0683. The number of allylic oxidation sites excluding steroid dienone is 2. The van der Waals surface area contributed by atoms with Crippen molar-refractivity contribution >= 4 is 5.91 Å². The quantitative estimate of drug-likeness (QED) is 0.557. The molecule has 1 rings (SSSR count). The van der Waals surface area contributed by atoms with E-state index < -0.39 is 0 Å². The predicted octanol–water partition coefficient (Wildman–Crippen LogP) is 1.17. The van der Waals surface area contributed by atoms with Gasteiger partial charge in [0.05, 0.1) is 0 Å². The SMILES string of the molecule is C=C/C(C)=C1/CNC(=O)C1=C. The molecular weight excluding hydrogens is 138 g/mol. The van der Waals surface area contributed by atoms with E-state index in [9.17, 15) is 4.79 Å². The summed E-state index contributed by atoms with van der Waals surface area (Å²) in [6.45, 7) is 9.81. The molecule has 0 saturated carbocycles. The van der Waals surface area contributed by atoms with Crippen molar-refractivity contribution in [3.63, 3.8) is 0 Å². The molecule has 58 valence electrons.